The minimum atomic E-state index is 0.696. The fraction of sp³-hybridized carbons (Fsp3) is 0.125. The topological polar surface area (TPSA) is 58.9 Å². The highest BCUT2D eigenvalue weighted by Gasteiger charge is 2.02. The molecular weight excluding hydrogens is 342 g/mol. The highest BCUT2D eigenvalue weighted by Crippen LogP contribution is 2.13. The molecule has 6 heteroatoms. The van der Waals surface area contributed by atoms with Crippen LogP contribution in [0.1, 0.15) is 11.3 Å². The van der Waals surface area contributed by atoms with Crippen LogP contribution in [0.25, 0.3) is 5.65 Å². The van der Waals surface area contributed by atoms with Gasteiger partial charge in [-0.2, -0.15) is 5.10 Å². The maximum Gasteiger partial charge on any atom is 0.137 e. The van der Waals surface area contributed by atoms with Gasteiger partial charge in [0.25, 0.3) is 0 Å². The number of imidazole rings is 1. The molecule has 112 valence electrons. The smallest absolute Gasteiger partial charge is 0.137 e. The third-order valence-corrected chi connectivity index (χ3v) is 3.72. The van der Waals surface area contributed by atoms with Gasteiger partial charge >= 0.3 is 0 Å². The van der Waals surface area contributed by atoms with Crippen LogP contribution in [0.4, 0.5) is 5.69 Å². The number of hydrazone groups is 1. The number of nitrogens with two attached hydrogens (primary N) is 1. The second-order valence-corrected chi connectivity index (χ2v) is 5.98. The number of nitrogen functional groups attached to an aromatic ring is 1. The van der Waals surface area contributed by atoms with E-state index in [2.05, 4.69) is 26.0 Å². The third kappa shape index (κ3) is 3.28. The Kier molecular flexibility index (Phi) is 4.11. The van der Waals surface area contributed by atoms with Crippen LogP contribution in [-0.4, -0.2) is 27.7 Å². The monoisotopic (exact) mass is 357 g/mol. The average molecular weight is 358 g/mol. The molecule has 0 amide bonds. The van der Waals surface area contributed by atoms with E-state index < -0.39 is 0 Å². The van der Waals surface area contributed by atoms with E-state index in [9.17, 15) is 0 Å². The zero-order chi connectivity index (χ0) is 15.5. The number of fused-ring (bicyclic) bond motifs is 1. The van der Waals surface area contributed by atoms with Gasteiger partial charge < -0.3 is 5.73 Å². The lowest BCUT2D eigenvalue weighted by atomic mass is 10.2. The van der Waals surface area contributed by atoms with E-state index in [0.717, 1.165) is 27.1 Å². The Bertz CT molecular complexity index is 824. The van der Waals surface area contributed by atoms with Crippen LogP contribution in [0.3, 0.4) is 0 Å². The Hall–Kier alpha value is -2.34. The van der Waals surface area contributed by atoms with Crippen molar-refractivity contribution in [1.82, 2.24) is 14.4 Å². The summed E-state index contributed by atoms with van der Waals surface area (Å²) in [6.07, 6.45) is 5.58. The molecule has 22 heavy (non-hydrogen) atoms. The Morgan fingerprint density at radius 1 is 1.36 bits per heavy atom. The molecule has 3 aromatic rings. The van der Waals surface area contributed by atoms with Crippen LogP contribution < -0.4 is 5.73 Å². The summed E-state index contributed by atoms with van der Waals surface area (Å²) >= 11 is 3.47. The molecule has 2 N–H and O–H groups in total. The summed E-state index contributed by atoms with van der Waals surface area (Å²) < 4.78 is 2.99. The number of rotatable bonds is 4. The largest absolute Gasteiger partial charge is 0.399 e. The van der Waals surface area contributed by atoms with Crippen molar-refractivity contribution in [3.63, 3.8) is 0 Å². The van der Waals surface area contributed by atoms with Gasteiger partial charge in [-0.15, -0.1) is 0 Å². The number of benzene rings is 1. The predicted octanol–water partition coefficient (Wildman–Crippen LogP) is 3.14. The molecule has 0 aliphatic rings. The van der Waals surface area contributed by atoms with Gasteiger partial charge in [0.05, 0.1) is 24.7 Å². The van der Waals surface area contributed by atoms with Crippen molar-refractivity contribution >= 4 is 33.5 Å². The summed E-state index contributed by atoms with van der Waals surface area (Å²) in [6.45, 7) is 0.696. The van der Waals surface area contributed by atoms with Gasteiger partial charge in [0, 0.05) is 23.4 Å². The number of aromatic nitrogens is 2. The summed E-state index contributed by atoms with van der Waals surface area (Å²) in [4.78, 5) is 4.35. The third-order valence-electron chi connectivity index (χ3n) is 3.25. The fourth-order valence-electron chi connectivity index (χ4n) is 2.22. The van der Waals surface area contributed by atoms with Crippen molar-refractivity contribution < 1.29 is 0 Å². The maximum atomic E-state index is 5.79. The molecule has 3 rings (SSSR count). The summed E-state index contributed by atoms with van der Waals surface area (Å²) in [5.41, 5.74) is 9.50. The quantitative estimate of drug-likeness (QED) is 0.443. The number of pyridine rings is 1. The first kappa shape index (κ1) is 14.6. The standard InChI is InChI=1S/C16H16BrN5/c1-21(10-12-3-2-4-14(18)7-12)20-9-15-8-19-16-6-5-13(17)11-22(15)16/h2-9,11H,10,18H2,1H3/b20-9+. The van der Waals surface area contributed by atoms with Crippen molar-refractivity contribution in [2.75, 3.05) is 12.8 Å². The average Bonchev–Trinajstić information content (AvgIpc) is 2.87. The molecule has 0 unspecified atom stereocenters. The molecule has 0 saturated heterocycles. The number of hydrogen-bond acceptors (Lipinski definition) is 4. The van der Waals surface area contributed by atoms with Gasteiger partial charge in [-0.05, 0) is 45.8 Å². The van der Waals surface area contributed by atoms with Gasteiger partial charge in [0.2, 0.25) is 0 Å². The molecule has 0 spiro atoms. The van der Waals surface area contributed by atoms with Crippen LogP contribution in [-0.2, 0) is 6.54 Å². The molecule has 2 aromatic heterocycles. The Morgan fingerprint density at radius 2 is 2.23 bits per heavy atom. The Labute approximate surface area is 137 Å². The van der Waals surface area contributed by atoms with Crippen molar-refractivity contribution in [2.24, 2.45) is 5.10 Å². The SMILES string of the molecule is CN(Cc1cccc(N)c1)/N=C/c1cnc2ccc(Br)cn12. The first-order chi connectivity index (χ1) is 10.6. The maximum absolute atomic E-state index is 5.79. The first-order valence-electron chi connectivity index (χ1n) is 6.84. The van der Waals surface area contributed by atoms with Gasteiger partial charge in [-0.25, -0.2) is 4.98 Å². The molecule has 1 aromatic carbocycles. The molecule has 0 aliphatic carbocycles. The molecule has 5 nitrogen and oxygen atoms in total. The first-order valence-corrected chi connectivity index (χ1v) is 7.63. The second kappa shape index (κ2) is 6.19. The number of hydrogen-bond donors (Lipinski definition) is 1. The molecule has 0 radical (unpaired) electrons. The predicted molar refractivity (Wildman–Crippen MR) is 92.8 cm³/mol. The lowest BCUT2D eigenvalue weighted by molar-refractivity contribution is 0.349. The van der Waals surface area contributed by atoms with Gasteiger partial charge in [0.15, 0.2) is 0 Å². The zero-order valence-corrected chi connectivity index (χ0v) is 13.7. The van der Waals surface area contributed by atoms with Crippen LogP contribution in [0.5, 0.6) is 0 Å². The normalized spacial score (nSPS) is 11.4. The molecule has 2 heterocycles. The highest BCUT2D eigenvalue weighted by molar-refractivity contribution is 9.10. The van der Waals surface area contributed by atoms with Gasteiger partial charge in [-0.1, -0.05) is 12.1 Å². The lowest BCUT2D eigenvalue weighted by Crippen LogP contribution is -2.11. The van der Waals surface area contributed by atoms with Crippen molar-refractivity contribution in [3.05, 3.63) is 64.5 Å². The zero-order valence-electron chi connectivity index (χ0n) is 12.1. The summed E-state index contributed by atoms with van der Waals surface area (Å²) in [6, 6.07) is 11.7. The number of anilines is 1. The Morgan fingerprint density at radius 3 is 3.05 bits per heavy atom. The van der Waals surface area contributed by atoms with Crippen LogP contribution in [0.15, 0.2) is 58.4 Å². The second-order valence-electron chi connectivity index (χ2n) is 5.06. The van der Waals surface area contributed by atoms with E-state index in [4.69, 9.17) is 5.73 Å². The Balaban J connectivity index is 1.76. The van der Waals surface area contributed by atoms with Crippen LogP contribution in [0, 0.1) is 0 Å². The van der Waals surface area contributed by atoms with E-state index >= 15 is 0 Å². The van der Waals surface area contributed by atoms with Crippen molar-refractivity contribution in [2.45, 2.75) is 6.54 Å². The molecule has 0 bridgehead atoms. The summed E-state index contributed by atoms with van der Waals surface area (Å²) in [5, 5.41) is 6.33. The van der Waals surface area contributed by atoms with Crippen LogP contribution >= 0.6 is 15.9 Å². The van der Waals surface area contributed by atoms with Crippen molar-refractivity contribution in [1.29, 1.82) is 0 Å². The molecule has 0 aliphatic heterocycles. The lowest BCUT2D eigenvalue weighted by Gasteiger charge is -2.12. The van der Waals surface area contributed by atoms with E-state index in [1.54, 1.807) is 12.4 Å². The van der Waals surface area contributed by atoms with Gasteiger partial charge in [-0.3, -0.25) is 9.41 Å². The van der Waals surface area contributed by atoms with E-state index in [0.29, 0.717) is 6.54 Å². The molecule has 0 saturated carbocycles. The fourth-order valence-corrected chi connectivity index (χ4v) is 2.56. The minimum Gasteiger partial charge on any atom is -0.399 e. The highest BCUT2D eigenvalue weighted by atomic mass is 79.9. The summed E-state index contributed by atoms with van der Waals surface area (Å²) in [7, 11) is 1.93. The minimum absolute atomic E-state index is 0.696. The van der Waals surface area contributed by atoms with E-state index in [1.807, 2.05) is 59.1 Å². The van der Waals surface area contributed by atoms with E-state index in [-0.39, 0.29) is 0 Å². The number of nitrogens with zero attached hydrogens (tertiary/aromatic N) is 4. The molecule has 0 fully saturated rings. The van der Waals surface area contributed by atoms with Gasteiger partial charge in [0.1, 0.15) is 5.65 Å². The molecular formula is C16H16BrN5. The number of halogens is 1. The van der Waals surface area contributed by atoms with Crippen molar-refractivity contribution in [3.8, 4) is 0 Å². The summed E-state index contributed by atoms with van der Waals surface area (Å²) in [5.74, 6) is 0. The molecule has 0 atom stereocenters. The van der Waals surface area contributed by atoms with Crippen LogP contribution in [0.2, 0.25) is 0 Å². The van der Waals surface area contributed by atoms with E-state index in [1.165, 1.54) is 0 Å².